The van der Waals surface area contributed by atoms with Crippen LogP contribution in [-0.2, 0) is 4.79 Å². The zero-order chi connectivity index (χ0) is 15.1. The van der Waals surface area contributed by atoms with Crippen molar-refractivity contribution in [3.05, 3.63) is 35.4 Å². The first-order valence-corrected chi connectivity index (χ1v) is 6.50. The van der Waals surface area contributed by atoms with E-state index < -0.39 is 17.7 Å². The molecule has 0 aliphatic rings. The van der Waals surface area contributed by atoms with E-state index in [1.165, 1.54) is 6.07 Å². The predicted molar refractivity (Wildman–Crippen MR) is 72.0 cm³/mol. The molecule has 0 heterocycles. The third-order valence-electron chi connectivity index (χ3n) is 2.66. The quantitative estimate of drug-likeness (QED) is 0.709. The highest BCUT2D eigenvalue weighted by molar-refractivity contribution is 5.77. The fraction of sp³-hybridized carbons (Fsp3) is 0.500. The number of nitrogens with one attached hydrogen (secondary N) is 2. The van der Waals surface area contributed by atoms with Gasteiger partial charge in [0.2, 0.25) is 5.91 Å². The summed E-state index contributed by atoms with van der Waals surface area (Å²) in [5.41, 5.74) is 0.263. The maximum absolute atomic E-state index is 13.0. The molecule has 20 heavy (non-hydrogen) atoms. The first kappa shape index (κ1) is 16.5. The number of benzene rings is 1. The maximum Gasteiger partial charge on any atom is 0.233 e. The second-order valence-electron chi connectivity index (χ2n) is 5.02. The summed E-state index contributed by atoms with van der Waals surface area (Å²) < 4.78 is 25.7. The number of rotatable bonds is 7. The molecule has 0 aliphatic carbocycles. The molecule has 0 aromatic heterocycles. The Morgan fingerprint density at radius 1 is 1.25 bits per heavy atom. The number of halogens is 2. The molecule has 1 rings (SSSR count). The van der Waals surface area contributed by atoms with E-state index in [-0.39, 0.29) is 24.6 Å². The molecule has 0 fully saturated rings. The van der Waals surface area contributed by atoms with E-state index >= 15 is 0 Å². The summed E-state index contributed by atoms with van der Waals surface area (Å²) in [4.78, 5) is 11.4. The van der Waals surface area contributed by atoms with Crippen molar-refractivity contribution in [3.8, 4) is 0 Å². The normalized spacial score (nSPS) is 12.5. The van der Waals surface area contributed by atoms with Crippen molar-refractivity contribution in [2.45, 2.75) is 20.0 Å². The lowest BCUT2D eigenvalue weighted by atomic mass is 10.1. The average molecular weight is 286 g/mol. The van der Waals surface area contributed by atoms with Crippen LogP contribution in [0.25, 0.3) is 0 Å². The van der Waals surface area contributed by atoms with E-state index in [9.17, 15) is 18.7 Å². The summed E-state index contributed by atoms with van der Waals surface area (Å²) in [6, 6.07) is 3.22. The van der Waals surface area contributed by atoms with Gasteiger partial charge in [0.05, 0.1) is 12.6 Å². The molecule has 0 radical (unpaired) electrons. The van der Waals surface area contributed by atoms with Crippen LogP contribution in [0.1, 0.15) is 25.5 Å². The zero-order valence-electron chi connectivity index (χ0n) is 11.6. The van der Waals surface area contributed by atoms with Crippen molar-refractivity contribution < 1.29 is 18.7 Å². The first-order valence-electron chi connectivity index (χ1n) is 6.50. The molecule has 112 valence electrons. The summed E-state index contributed by atoms with van der Waals surface area (Å²) in [5, 5.41) is 15.3. The maximum atomic E-state index is 13.0. The molecule has 1 amide bonds. The van der Waals surface area contributed by atoms with Crippen molar-refractivity contribution in [2.75, 3.05) is 19.6 Å². The van der Waals surface area contributed by atoms with Crippen molar-refractivity contribution in [1.82, 2.24) is 10.6 Å². The lowest BCUT2D eigenvalue weighted by Gasteiger charge is -2.13. The van der Waals surface area contributed by atoms with E-state index in [1.54, 1.807) is 0 Å². The van der Waals surface area contributed by atoms with E-state index in [0.29, 0.717) is 12.5 Å². The smallest absolute Gasteiger partial charge is 0.233 e. The Balaban J connectivity index is 2.34. The van der Waals surface area contributed by atoms with E-state index in [4.69, 9.17) is 0 Å². The van der Waals surface area contributed by atoms with Crippen LogP contribution in [-0.4, -0.2) is 30.6 Å². The second kappa shape index (κ2) is 7.91. The van der Waals surface area contributed by atoms with Crippen LogP contribution >= 0.6 is 0 Å². The van der Waals surface area contributed by atoms with E-state index in [2.05, 4.69) is 10.6 Å². The Morgan fingerprint density at radius 2 is 1.95 bits per heavy atom. The number of carbonyl (C=O) groups excluding carboxylic acids is 1. The molecular weight excluding hydrogens is 266 g/mol. The van der Waals surface area contributed by atoms with Gasteiger partial charge in [-0.05, 0) is 23.6 Å². The predicted octanol–water partition coefficient (Wildman–Crippen LogP) is 1.36. The lowest BCUT2D eigenvalue weighted by Crippen LogP contribution is -2.37. The third kappa shape index (κ3) is 5.63. The summed E-state index contributed by atoms with van der Waals surface area (Å²) in [6.07, 6.45) is -0.997. The fourth-order valence-electron chi connectivity index (χ4n) is 1.54. The highest BCUT2D eigenvalue weighted by atomic mass is 19.2. The minimum absolute atomic E-state index is 0.0630. The van der Waals surface area contributed by atoms with Crippen LogP contribution in [0, 0.1) is 17.6 Å². The van der Waals surface area contributed by atoms with Gasteiger partial charge in [0.1, 0.15) is 0 Å². The largest absolute Gasteiger partial charge is 0.387 e. The molecule has 4 nitrogen and oxygen atoms in total. The van der Waals surface area contributed by atoms with E-state index in [0.717, 1.165) is 12.1 Å². The van der Waals surface area contributed by atoms with Gasteiger partial charge < -0.3 is 15.7 Å². The number of hydrogen-bond acceptors (Lipinski definition) is 3. The molecule has 1 aromatic rings. The van der Waals surface area contributed by atoms with Crippen LogP contribution in [0.15, 0.2) is 18.2 Å². The van der Waals surface area contributed by atoms with Gasteiger partial charge >= 0.3 is 0 Å². The second-order valence-corrected chi connectivity index (χ2v) is 5.02. The number of hydrogen-bond donors (Lipinski definition) is 3. The molecule has 1 unspecified atom stereocenters. The Labute approximate surface area is 117 Å². The molecule has 0 spiro atoms. The van der Waals surface area contributed by atoms with Gasteiger partial charge in [-0.1, -0.05) is 19.9 Å². The fourth-order valence-corrected chi connectivity index (χ4v) is 1.54. The highest BCUT2D eigenvalue weighted by Gasteiger charge is 2.11. The average Bonchev–Trinajstić information content (AvgIpc) is 2.39. The van der Waals surface area contributed by atoms with Crippen LogP contribution in [0.2, 0.25) is 0 Å². The summed E-state index contributed by atoms with van der Waals surface area (Å²) in [5.74, 6) is -1.76. The lowest BCUT2D eigenvalue weighted by molar-refractivity contribution is -0.120. The molecule has 1 atom stereocenters. The standard InChI is InChI=1S/C14H20F2N2O2/c1-9(2)6-18-14(20)8-17-7-13(19)10-3-4-11(15)12(16)5-10/h3-5,9,13,17,19H,6-8H2,1-2H3,(H,18,20). The molecule has 0 aliphatic heterocycles. The number of aliphatic hydroxyl groups is 1. The van der Waals surface area contributed by atoms with Crippen molar-refractivity contribution in [3.63, 3.8) is 0 Å². The van der Waals surface area contributed by atoms with Gasteiger partial charge in [-0.3, -0.25) is 4.79 Å². The molecule has 1 aromatic carbocycles. The topological polar surface area (TPSA) is 61.4 Å². The first-order chi connectivity index (χ1) is 9.40. The van der Waals surface area contributed by atoms with Crippen molar-refractivity contribution in [2.24, 2.45) is 5.92 Å². The Kier molecular flexibility index (Phi) is 6.54. The van der Waals surface area contributed by atoms with Crippen LogP contribution in [0.5, 0.6) is 0 Å². The molecule has 0 saturated heterocycles. The number of amides is 1. The van der Waals surface area contributed by atoms with Crippen molar-refractivity contribution >= 4 is 5.91 Å². The highest BCUT2D eigenvalue weighted by Crippen LogP contribution is 2.15. The van der Waals surface area contributed by atoms with Gasteiger partial charge in [-0.2, -0.15) is 0 Å². The molecule has 6 heteroatoms. The summed E-state index contributed by atoms with van der Waals surface area (Å²) in [6.45, 7) is 4.71. The Morgan fingerprint density at radius 3 is 2.55 bits per heavy atom. The number of carbonyl (C=O) groups is 1. The SMILES string of the molecule is CC(C)CNC(=O)CNCC(O)c1ccc(F)c(F)c1. The monoisotopic (exact) mass is 286 g/mol. The van der Waals surface area contributed by atoms with E-state index in [1.807, 2.05) is 13.8 Å². The Bertz CT molecular complexity index is 453. The van der Waals surface area contributed by atoms with Gasteiger partial charge in [0.25, 0.3) is 0 Å². The van der Waals surface area contributed by atoms with Gasteiger partial charge in [0.15, 0.2) is 11.6 Å². The van der Waals surface area contributed by atoms with Crippen molar-refractivity contribution in [1.29, 1.82) is 0 Å². The molecule has 0 bridgehead atoms. The third-order valence-corrected chi connectivity index (χ3v) is 2.66. The van der Waals surface area contributed by atoms with Crippen LogP contribution in [0.4, 0.5) is 8.78 Å². The van der Waals surface area contributed by atoms with Gasteiger partial charge in [0, 0.05) is 13.1 Å². The zero-order valence-corrected chi connectivity index (χ0v) is 11.6. The molecule has 0 saturated carbocycles. The minimum Gasteiger partial charge on any atom is -0.387 e. The summed E-state index contributed by atoms with van der Waals surface area (Å²) in [7, 11) is 0. The van der Waals surface area contributed by atoms with Crippen LogP contribution in [0.3, 0.4) is 0 Å². The molecule has 3 N–H and O–H groups in total. The minimum atomic E-state index is -1.00. The molecular formula is C14H20F2N2O2. The Hall–Kier alpha value is -1.53. The number of aliphatic hydroxyl groups excluding tert-OH is 1. The van der Waals surface area contributed by atoms with Crippen LogP contribution < -0.4 is 10.6 Å². The van der Waals surface area contributed by atoms with Gasteiger partial charge in [-0.25, -0.2) is 8.78 Å². The summed E-state index contributed by atoms with van der Waals surface area (Å²) >= 11 is 0. The van der Waals surface area contributed by atoms with Gasteiger partial charge in [-0.15, -0.1) is 0 Å².